The van der Waals surface area contributed by atoms with Crippen molar-refractivity contribution < 1.29 is 0 Å². The van der Waals surface area contributed by atoms with Crippen molar-refractivity contribution in [2.24, 2.45) is 0 Å². The Labute approximate surface area is 76.5 Å². The summed E-state index contributed by atoms with van der Waals surface area (Å²) in [6, 6.07) is 0. The highest BCUT2D eigenvalue weighted by Crippen LogP contribution is 2.22. The molecule has 12 heavy (non-hydrogen) atoms. The summed E-state index contributed by atoms with van der Waals surface area (Å²) < 4.78 is 8.21. The summed E-state index contributed by atoms with van der Waals surface area (Å²) in [7, 11) is 0. The molecule has 1 unspecified atom stereocenters. The lowest BCUT2D eigenvalue weighted by molar-refractivity contribution is 0.409. The standard InChI is InChI=1S/C8H13N3S/c1-8(3-2-4-9-8)5-7-6-10-12-11-7/h6,9H,2-5H2,1H3. The van der Waals surface area contributed by atoms with E-state index in [2.05, 4.69) is 21.0 Å². The maximum Gasteiger partial charge on any atom is 0.0761 e. The lowest BCUT2D eigenvalue weighted by Crippen LogP contribution is -2.38. The van der Waals surface area contributed by atoms with Gasteiger partial charge in [-0.05, 0) is 26.3 Å². The molecule has 1 aromatic heterocycles. The van der Waals surface area contributed by atoms with Crippen molar-refractivity contribution in [3.05, 3.63) is 11.9 Å². The topological polar surface area (TPSA) is 37.8 Å². The number of rotatable bonds is 2. The second kappa shape index (κ2) is 3.11. The maximum absolute atomic E-state index is 4.22. The molecule has 0 bridgehead atoms. The summed E-state index contributed by atoms with van der Waals surface area (Å²) >= 11 is 1.29. The molecule has 0 saturated carbocycles. The van der Waals surface area contributed by atoms with Crippen LogP contribution < -0.4 is 5.32 Å². The average molecular weight is 183 g/mol. The fourth-order valence-corrected chi connectivity index (χ4v) is 2.20. The normalized spacial score (nSPS) is 29.4. The van der Waals surface area contributed by atoms with Gasteiger partial charge in [0.2, 0.25) is 0 Å². The summed E-state index contributed by atoms with van der Waals surface area (Å²) in [5.74, 6) is 0. The maximum atomic E-state index is 4.22. The molecule has 3 nitrogen and oxygen atoms in total. The Balaban J connectivity index is 2.02. The minimum absolute atomic E-state index is 0.274. The lowest BCUT2D eigenvalue weighted by atomic mass is 9.95. The number of nitrogens with zero attached hydrogens (tertiary/aromatic N) is 2. The molecule has 0 aromatic carbocycles. The van der Waals surface area contributed by atoms with E-state index < -0.39 is 0 Å². The summed E-state index contributed by atoms with van der Waals surface area (Å²) in [6.07, 6.45) is 5.43. The van der Waals surface area contributed by atoms with Crippen LogP contribution >= 0.6 is 11.7 Å². The van der Waals surface area contributed by atoms with Gasteiger partial charge in [-0.3, -0.25) is 0 Å². The van der Waals surface area contributed by atoms with Crippen LogP contribution in [0.15, 0.2) is 6.20 Å². The Hall–Kier alpha value is -0.480. The van der Waals surface area contributed by atoms with Crippen LogP contribution in [0, 0.1) is 0 Å². The smallest absolute Gasteiger partial charge is 0.0761 e. The second-order valence-corrected chi connectivity index (χ2v) is 4.22. The minimum Gasteiger partial charge on any atom is -0.311 e. The molecule has 0 amide bonds. The lowest BCUT2D eigenvalue weighted by Gasteiger charge is -2.22. The fourth-order valence-electron chi connectivity index (χ4n) is 1.77. The highest BCUT2D eigenvalue weighted by molar-refractivity contribution is 6.99. The summed E-state index contributed by atoms with van der Waals surface area (Å²) in [5.41, 5.74) is 1.40. The van der Waals surface area contributed by atoms with Gasteiger partial charge in [-0.25, -0.2) is 0 Å². The van der Waals surface area contributed by atoms with Gasteiger partial charge < -0.3 is 5.32 Å². The van der Waals surface area contributed by atoms with Crippen molar-refractivity contribution in [2.45, 2.75) is 31.7 Å². The molecular formula is C8H13N3S. The summed E-state index contributed by atoms with van der Waals surface area (Å²) in [4.78, 5) is 0. The number of aromatic nitrogens is 2. The zero-order valence-electron chi connectivity index (χ0n) is 7.21. The summed E-state index contributed by atoms with van der Waals surface area (Å²) in [5, 5.41) is 3.51. The van der Waals surface area contributed by atoms with E-state index in [1.165, 1.54) is 24.6 Å². The Morgan fingerprint density at radius 1 is 1.75 bits per heavy atom. The molecule has 1 atom stereocenters. The van der Waals surface area contributed by atoms with Gasteiger partial charge in [0.15, 0.2) is 0 Å². The van der Waals surface area contributed by atoms with Crippen molar-refractivity contribution in [3.8, 4) is 0 Å². The number of hydrogen-bond donors (Lipinski definition) is 1. The van der Waals surface area contributed by atoms with Gasteiger partial charge in [0.05, 0.1) is 23.6 Å². The molecule has 2 heterocycles. The molecule has 2 rings (SSSR count). The molecule has 1 aliphatic heterocycles. The van der Waals surface area contributed by atoms with E-state index in [9.17, 15) is 0 Å². The fraction of sp³-hybridized carbons (Fsp3) is 0.750. The Kier molecular flexibility index (Phi) is 2.11. The number of nitrogens with one attached hydrogen (secondary N) is 1. The first-order valence-electron chi connectivity index (χ1n) is 4.30. The first-order valence-corrected chi connectivity index (χ1v) is 5.03. The van der Waals surface area contributed by atoms with Crippen LogP contribution in [0.1, 0.15) is 25.5 Å². The first kappa shape index (κ1) is 8.13. The van der Waals surface area contributed by atoms with Crippen LogP contribution in [0.25, 0.3) is 0 Å². The summed E-state index contributed by atoms with van der Waals surface area (Å²) in [6.45, 7) is 3.41. The molecule has 0 aliphatic carbocycles. The van der Waals surface area contributed by atoms with E-state index in [-0.39, 0.29) is 5.54 Å². The van der Waals surface area contributed by atoms with Crippen LogP contribution in [0.5, 0.6) is 0 Å². The average Bonchev–Trinajstić information content (AvgIpc) is 2.62. The van der Waals surface area contributed by atoms with Gasteiger partial charge >= 0.3 is 0 Å². The predicted molar refractivity (Wildman–Crippen MR) is 49.3 cm³/mol. The number of hydrogen-bond acceptors (Lipinski definition) is 4. The molecule has 1 aromatic rings. The van der Waals surface area contributed by atoms with E-state index in [1.54, 1.807) is 0 Å². The van der Waals surface area contributed by atoms with E-state index in [4.69, 9.17) is 0 Å². The van der Waals surface area contributed by atoms with Crippen LogP contribution in [-0.2, 0) is 6.42 Å². The third kappa shape index (κ3) is 1.64. The van der Waals surface area contributed by atoms with Crippen molar-refractivity contribution in [3.63, 3.8) is 0 Å². The van der Waals surface area contributed by atoms with Gasteiger partial charge in [0.1, 0.15) is 0 Å². The third-order valence-corrected chi connectivity index (χ3v) is 2.95. The largest absolute Gasteiger partial charge is 0.311 e. The van der Waals surface area contributed by atoms with Crippen molar-refractivity contribution in [1.82, 2.24) is 14.1 Å². The molecule has 4 heteroatoms. The van der Waals surface area contributed by atoms with Crippen molar-refractivity contribution in [1.29, 1.82) is 0 Å². The van der Waals surface area contributed by atoms with Crippen LogP contribution in [0.3, 0.4) is 0 Å². The van der Waals surface area contributed by atoms with Gasteiger partial charge in [-0.15, -0.1) is 0 Å². The Morgan fingerprint density at radius 3 is 3.25 bits per heavy atom. The van der Waals surface area contributed by atoms with Gasteiger partial charge in [-0.2, -0.15) is 8.75 Å². The molecule has 66 valence electrons. The SMILES string of the molecule is CC1(Cc2cnsn2)CCCN1. The molecule has 0 spiro atoms. The molecule has 0 radical (unpaired) electrons. The van der Waals surface area contributed by atoms with Crippen LogP contribution in [0.4, 0.5) is 0 Å². The second-order valence-electron chi connectivity index (χ2n) is 3.67. The van der Waals surface area contributed by atoms with Crippen LogP contribution in [0.2, 0.25) is 0 Å². The van der Waals surface area contributed by atoms with Gasteiger partial charge in [0.25, 0.3) is 0 Å². The van der Waals surface area contributed by atoms with Crippen LogP contribution in [-0.4, -0.2) is 20.8 Å². The third-order valence-electron chi connectivity index (χ3n) is 2.44. The quantitative estimate of drug-likeness (QED) is 0.749. The molecular weight excluding hydrogens is 170 g/mol. The molecule has 1 fully saturated rings. The van der Waals surface area contributed by atoms with Crippen molar-refractivity contribution >= 4 is 11.7 Å². The molecule has 1 aliphatic rings. The molecule has 1 saturated heterocycles. The molecule has 1 N–H and O–H groups in total. The Morgan fingerprint density at radius 2 is 2.67 bits per heavy atom. The Bertz CT molecular complexity index is 239. The monoisotopic (exact) mass is 183 g/mol. The van der Waals surface area contributed by atoms with Crippen molar-refractivity contribution in [2.75, 3.05) is 6.54 Å². The highest BCUT2D eigenvalue weighted by Gasteiger charge is 2.28. The van der Waals surface area contributed by atoms with E-state index in [0.717, 1.165) is 18.7 Å². The minimum atomic E-state index is 0.274. The van der Waals surface area contributed by atoms with Gasteiger partial charge in [0, 0.05) is 12.0 Å². The van der Waals surface area contributed by atoms with E-state index in [1.807, 2.05) is 6.20 Å². The van der Waals surface area contributed by atoms with E-state index >= 15 is 0 Å². The van der Waals surface area contributed by atoms with Gasteiger partial charge in [-0.1, -0.05) is 0 Å². The zero-order chi connectivity index (χ0) is 8.44. The highest BCUT2D eigenvalue weighted by atomic mass is 32.1. The zero-order valence-corrected chi connectivity index (χ0v) is 8.02. The van der Waals surface area contributed by atoms with E-state index in [0.29, 0.717) is 0 Å². The first-order chi connectivity index (χ1) is 5.79. The predicted octanol–water partition coefficient (Wildman–Crippen LogP) is 1.22.